The summed E-state index contributed by atoms with van der Waals surface area (Å²) in [6, 6.07) is 0. The maximum Gasteiger partial charge on any atom is 0.166 e. The normalized spacial score (nSPS) is 23.7. The van der Waals surface area contributed by atoms with Crippen molar-refractivity contribution in [2.75, 3.05) is 0 Å². The van der Waals surface area contributed by atoms with Gasteiger partial charge in [-0.05, 0) is 37.7 Å². The Morgan fingerprint density at radius 2 is 1.93 bits per heavy atom. The number of aliphatic hydroxyl groups excluding tert-OH is 1. The van der Waals surface area contributed by atoms with E-state index in [2.05, 4.69) is 6.08 Å². The van der Waals surface area contributed by atoms with Gasteiger partial charge >= 0.3 is 0 Å². The Balaban J connectivity index is 2.30. The first-order chi connectivity index (χ1) is 6.79. The molecule has 0 amide bonds. The molecule has 0 spiro atoms. The summed E-state index contributed by atoms with van der Waals surface area (Å²) in [5, 5.41) is 9.71. The van der Waals surface area contributed by atoms with E-state index >= 15 is 0 Å². The number of aliphatic hydroxyl groups is 1. The molecule has 0 aromatic carbocycles. The number of carbonyl (C=O) groups excluding carboxylic acids is 1. The second-order valence-electron chi connectivity index (χ2n) is 4.07. The summed E-state index contributed by atoms with van der Waals surface area (Å²) in [6.07, 6.45) is 8.60. The molecular formula is C12H16O2. The SMILES string of the molecule is O=C1CCCC(O)=C1C1=CCCCC1. The summed E-state index contributed by atoms with van der Waals surface area (Å²) in [6.45, 7) is 0. The lowest BCUT2D eigenvalue weighted by molar-refractivity contribution is -0.116. The minimum Gasteiger partial charge on any atom is -0.512 e. The number of ketones is 1. The second kappa shape index (κ2) is 3.99. The van der Waals surface area contributed by atoms with E-state index in [-0.39, 0.29) is 5.78 Å². The summed E-state index contributed by atoms with van der Waals surface area (Å²) >= 11 is 0. The van der Waals surface area contributed by atoms with Crippen molar-refractivity contribution in [2.24, 2.45) is 0 Å². The summed E-state index contributed by atoms with van der Waals surface area (Å²) in [5.74, 6) is 0.469. The van der Waals surface area contributed by atoms with Crippen LogP contribution in [0.3, 0.4) is 0 Å². The van der Waals surface area contributed by atoms with Crippen LogP contribution in [-0.2, 0) is 4.79 Å². The average Bonchev–Trinajstić information content (AvgIpc) is 2.19. The highest BCUT2D eigenvalue weighted by Crippen LogP contribution is 2.31. The fourth-order valence-corrected chi connectivity index (χ4v) is 2.26. The molecule has 0 saturated carbocycles. The van der Waals surface area contributed by atoms with Crippen LogP contribution in [-0.4, -0.2) is 10.9 Å². The van der Waals surface area contributed by atoms with E-state index in [0.29, 0.717) is 24.2 Å². The van der Waals surface area contributed by atoms with Gasteiger partial charge in [0.05, 0.1) is 5.57 Å². The van der Waals surface area contributed by atoms with Crippen molar-refractivity contribution in [3.05, 3.63) is 23.0 Å². The van der Waals surface area contributed by atoms with Gasteiger partial charge in [-0.3, -0.25) is 4.79 Å². The Labute approximate surface area is 84.3 Å². The standard InChI is InChI=1S/C12H16O2/c13-10-7-4-8-11(14)12(10)9-5-2-1-3-6-9/h5,13H,1-4,6-8H2. The molecule has 0 atom stereocenters. The first-order valence-electron chi connectivity index (χ1n) is 5.44. The van der Waals surface area contributed by atoms with Crippen molar-refractivity contribution in [1.82, 2.24) is 0 Å². The lowest BCUT2D eigenvalue weighted by atomic mass is 9.85. The number of hydrogen-bond donors (Lipinski definition) is 1. The first kappa shape index (κ1) is 9.50. The highest BCUT2D eigenvalue weighted by Gasteiger charge is 2.23. The minimum atomic E-state index is 0.141. The van der Waals surface area contributed by atoms with Crippen LogP contribution in [0.25, 0.3) is 0 Å². The number of hydrogen-bond acceptors (Lipinski definition) is 2. The van der Waals surface area contributed by atoms with Crippen LogP contribution in [0.1, 0.15) is 44.9 Å². The molecule has 0 fully saturated rings. The molecule has 2 heteroatoms. The van der Waals surface area contributed by atoms with E-state index in [9.17, 15) is 9.90 Å². The number of allylic oxidation sites excluding steroid dienone is 4. The largest absolute Gasteiger partial charge is 0.512 e. The van der Waals surface area contributed by atoms with Gasteiger partial charge in [0, 0.05) is 12.8 Å². The molecule has 0 aromatic heterocycles. The Kier molecular flexibility index (Phi) is 2.71. The van der Waals surface area contributed by atoms with Gasteiger partial charge in [0.1, 0.15) is 5.76 Å². The number of carbonyl (C=O) groups is 1. The van der Waals surface area contributed by atoms with Gasteiger partial charge in [-0.1, -0.05) is 6.08 Å². The van der Waals surface area contributed by atoms with Crippen molar-refractivity contribution in [2.45, 2.75) is 44.9 Å². The molecule has 1 N–H and O–H groups in total. The monoisotopic (exact) mass is 192 g/mol. The molecule has 76 valence electrons. The molecule has 0 bridgehead atoms. The zero-order valence-electron chi connectivity index (χ0n) is 8.38. The molecule has 0 heterocycles. The maximum atomic E-state index is 11.6. The Morgan fingerprint density at radius 3 is 2.57 bits per heavy atom. The van der Waals surface area contributed by atoms with E-state index in [1.165, 1.54) is 6.42 Å². The van der Waals surface area contributed by atoms with Crippen molar-refractivity contribution < 1.29 is 9.90 Å². The smallest absolute Gasteiger partial charge is 0.166 e. The predicted molar refractivity (Wildman–Crippen MR) is 55.1 cm³/mol. The van der Waals surface area contributed by atoms with Crippen molar-refractivity contribution in [3.63, 3.8) is 0 Å². The van der Waals surface area contributed by atoms with Crippen LogP contribution >= 0.6 is 0 Å². The zero-order chi connectivity index (χ0) is 9.97. The van der Waals surface area contributed by atoms with E-state index in [1.807, 2.05) is 0 Å². The Hall–Kier alpha value is -1.05. The summed E-state index contributed by atoms with van der Waals surface area (Å²) < 4.78 is 0. The topological polar surface area (TPSA) is 37.3 Å². The van der Waals surface area contributed by atoms with Crippen LogP contribution in [0, 0.1) is 0 Å². The molecule has 2 rings (SSSR count). The fourth-order valence-electron chi connectivity index (χ4n) is 2.26. The van der Waals surface area contributed by atoms with Crippen LogP contribution in [0.4, 0.5) is 0 Å². The van der Waals surface area contributed by atoms with Crippen LogP contribution in [0.2, 0.25) is 0 Å². The quantitative estimate of drug-likeness (QED) is 0.693. The number of rotatable bonds is 1. The molecule has 2 nitrogen and oxygen atoms in total. The lowest BCUT2D eigenvalue weighted by Gasteiger charge is -2.20. The van der Waals surface area contributed by atoms with Gasteiger partial charge in [0.15, 0.2) is 5.78 Å². The highest BCUT2D eigenvalue weighted by atomic mass is 16.3. The zero-order valence-corrected chi connectivity index (χ0v) is 8.38. The van der Waals surface area contributed by atoms with Crippen molar-refractivity contribution in [1.29, 1.82) is 0 Å². The molecule has 0 aromatic rings. The van der Waals surface area contributed by atoms with Gasteiger partial charge in [-0.15, -0.1) is 0 Å². The van der Waals surface area contributed by atoms with Gasteiger partial charge < -0.3 is 5.11 Å². The summed E-state index contributed by atoms with van der Waals surface area (Å²) in [4.78, 5) is 11.6. The van der Waals surface area contributed by atoms with E-state index < -0.39 is 0 Å². The Morgan fingerprint density at radius 1 is 1.07 bits per heavy atom. The lowest BCUT2D eigenvalue weighted by Crippen LogP contribution is -2.14. The highest BCUT2D eigenvalue weighted by molar-refractivity contribution is 6.00. The molecule has 0 unspecified atom stereocenters. The van der Waals surface area contributed by atoms with E-state index in [0.717, 1.165) is 31.3 Å². The Bertz CT molecular complexity index is 310. The van der Waals surface area contributed by atoms with Gasteiger partial charge in [-0.2, -0.15) is 0 Å². The third-order valence-electron chi connectivity index (χ3n) is 3.00. The maximum absolute atomic E-state index is 11.6. The van der Waals surface area contributed by atoms with Gasteiger partial charge in [-0.25, -0.2) is 0 Å². The molecule has 2 aliphatic rings. The summed E-state index contributed by atoms with van der Waals surface area (Å²) in [5.41, 5.74) is 1.74. The molecule has 2 aliphatic carbocycles. The molecule has 14 heavy (non-hydrogen) atoms. The summed E-state index contributed by atoms with van der Waals surface area (Å²) in [7, 11) is 0. The first-order valence-corrected chi connectivity index (χ1v) is 5.44. The van der Waals surface area contributed by atoms with Gasteiger partial charge in [0.25, 0.3) is 0 Å². The number of Topliss-reactive ketones (excluding diaryl/α,β-unsaturated/α-hetero) is 1. The predicted octanol–water partition coefficient (Wildman–Crippen LogP) is 3.05. The molecular weight excluding hydrogens is 176 g/mol. The van der Waals surface area contributed by atoms with Crippen LogP contribution in [0.15, 0.2) is 23.0 Å². The minimum absolute atomic E-state index is 0.141. The third kappa shape index (κ3) is 1.74. The van der Waals surface area contributed by atoms with Crippen LogP contribution < -0.4 is 0 Å². The molecule has 0 saturated heterocycles. The second-order valence-corrected chi connectivity index (χ2v) is 4.07. The van der Waals surface area contributed by atoms with Gasteiger partial charge in [0.2, 0.25) is 0 Å². The fraction of sp³-hybridized carbons (Fsp3) is 0.583. The average molecular weight is 192 g/mol. The molecule has 0 radical (unpaired) electrons. The van der Waals surface area contributed by atoms with Crippen molar-refractivity contribution >= 4 is 5.78 Å². The molecule has 0 aliphatic heterocycles. The third-order valence-corrected chi connectivity index (χ3v) is 3.00. The van der Waals surface area contributed by atoms with E-state index in [4.69, 9.17) is 0 Å². The van der Waals surface area contributed by atoms with Crippen LogP contribution in [0.5, 0.6) is 0 Å². The van der Waals surface area contributed by atoms with E-state index in [1.54, 1.807) is 0 Å². The van der Waals surface area contributed by atoms with Crippen molar-refractivity contribution in [3.8, 4) is 0 Å².